The van der Waals surface area contributed by atoms with Crippen LogP contribution in [0.1, 0.15) is 84.5 Å². The number of aliphatic hydroxyl groups is 2. The zero-order chi connectivity index (χ0) is 14.3. The summed E-state index contributed by atoms with van der Waals surface area (Å²) in [6.45, 7) is 5.12. The van der Waals surface area contributed by atoms with Gasteiger partial charge in [-0.1, -0.05) is 58.8 Å². The number of rotatable bonds is 14. The molecule has 0 aliphatic carbocycles. The first kappa shape index (κ1) is 18.9. The van der Waals surface area contributed by atoms with Crippen LogP contribution in [0.5, 0.6) is 0 Å². The SMILES string of the molecule is CCCCCC(CO)CCCCC(CO)CCCC. The molecular formula is C17H36O2. The van der Waals surface area contributed by atoms with Gasteiger partial charge in [0.15, 0.2) is 0 Å². The number of hydrogen-bond acceptors (Lipinski definition) is 2. The molecule has 0 fully saturated rings. The molecule has 0 aromatic heterocycles. The highest BCUT2D eigenvalue weighted by molar-refractivity contribution is 4.62. The van der Waals surface area contributed by atoms with Crippen molar-refractivity contribution in [1.82, 2.24) is 0 Å². The van der Waals surface area contributed by atoms with Gasteiger partial charge in [0.2, 0.25) is 0 Å². The van der Waals surface area contributed by atoms with Gasteiger partial charge in [-0.3, -0.25) is 0 Å². The molecule has 116 valence electrons. The van der Waals surface area contributed by atoms with E-state index in [1.807, 2.05) is 0 Å². The molecule has 0 heterocycles. The summed E-state index contributed by atoms with van der Waals surface area (Å²) in [5.41, 5.74) is 0. The van der Waals surface area contributed by atoms with Gasteiger partial charge in [0.1, 0.15) is 0 Å². The monoisotopic (exact) mass is 272 g/mol. The van der Waals surface area contributed by atoms with Crippen molar-refractivity contribution in [2.45, 2.75) is 84.5 Å². The summed E-state index contributed by atoms with van der Waals surface area (Å²) >= 11 is 0. The first-order chi connectivity index (χ1) is 9.28. The third-order valence-corrected chi connectivity index (χ3v) is 4.17. The average molecular weight is 272 g/mol. The van der Waals surface area contributed by atoms with E-state index in [1.165, 1.54) is 57.8 Å². The molecule has 0 amide bonds. The molecule has 0 bridgehead atoms. The van der Waals surface area contributed by atoms with E-state index < -0.39 is 0 Å². The summed E-state index contributed by atoms with van der Waals surface area (Å²) in [6.07, 6.45) is 13.4. The van der Waals surface area contributed by atoms with Crippen LogP contribution in [-0.4, -0.2) is 23.4 Å². The van der Waals surface area contributed by atoms with Gasteiger partial charge in [0.05, 0.1) is 0 Å². The molecule has 0 aliphatic rings. The van der Waals surface area contributed by atoms with Crippen LogP contribution in [0.25, 0.3) is 0 Å². The summed E-state index contributed by atoms with van der Waals surface area (Å²) in [4.78, 5) is 0. The molecule has 0 saturated carbocycles. The first-order valence-corrected chi connectivity index (χ1v) is 8.50. The lowest BCUT2D eigenvalue weighted by Gasteiger charge is -2.16. The Balaban J connectivity index is 3.57. The normalized spacial score (nSPS) is 14.5. The predicted octanol–water partition coefficient (Wildman–Crippen LogP) is 4.53. The maximum absolute atomic E-state index is 9.36. The van der Waals surface area contributed by atoms with Crippen molar-refractivity contribution in [3.8, 4) is 0 Å². The maximum Gasteiger partial charge on any atom is 0.0459 e. The average Bonchev–Trinajstić information content (AvgIpc) is 2.44. The highest BCUT2D eigenvalue weighted by atomic mass is 16.3. The molecule has 2 nitrogen and oxygen atoms in total. The van der Waals surface area contributed by atoms with E-state index >= 15 is 0 Å². The second-order valence-electron chi connectivity index (χ2n) is 6.02. The number of unbranched alkanes of at least 4 members (excludes halogenated alkanes) is 4. The Morgan fingerprint density at radius 2 is 0.947 bits per heavy atom. The fourth-order valence-electron chi connectivity index (χ4n) is 2.70. The van der Waals surface area contributed by atoms with Crippen LogP contribution in [0.3, 0.4) is 0 Å². The van der Waals surface area contributed by atoms with Crippen molar-refractivity contribution in [1.29, 1.82) is 0 Å². The number of aliphatic hydroxyl groups excluding tert-OH is 2. The van der Waals surface area contributed by atoms with Crippen LogP contribution in [0.4, 0.5) is 0 Å². The molecule has 2 unspecified atom stereocenters. The van der Waals surface area contributed by atoms with Crippen molar-refractivity contribution in [3.05, 3.63) is 0 Å². The van der Waals surface area contributed by atoms with Gasteiger partial charge in [-0.15, -0.1) is 0 Å². The predicted molar refractivity (Wildman–Crippen MR) is 83.3 cm³/mol. The molecule has 0 aromatic carbocycles. The third-order valence-electron chi connectivity index (χ3n) is 4.17. The van der Waals surface area contributed by atoms with Gasteiger partial charge < -0.3 is 10.2 Å². The quantitative estimate of drug-likeness (QED) is 0.456. The van der Waals surface area contributed by atoms with Crippen LogP contribution >= 0.6 is 0 Å². The van der Waals surface area contributed by atoms with E-state index in [0.717, 1.165) is 12.8 Å². The van der Waals surface area contributed by atoms with E-state index in [-0.39, 0.29) is 0 Å². The van der Waals surface area contributed by atoms with E-state index in [4.69, 9.17) is 0 Å². The second kappa shape index (κ2) is 14.3. The van der Waals surface area contributed by atoms with Crippen LogP contribution in [0.2, 0.25) is 0 Å². The minimum atomic E-state index is 0.347. The van der Waals surface area contributed by atoms with Gasteiger partial charge in [-0.2, -0.15) is 0 Å². The second-order valence-corrected chi connectivity index (χ2v) is 6.02. The summed E-state index contributed by atoms with van der Waals surface area (Å²) in [7, 11) is 0. The van der Waals surface area contributed by atoms with Gasteiger partial charge >= 0.3 is 0 Å². The smallest absolute Gasteiger partial charge is 0.0459 e. The van der Waals surface area contributed by atoms with Gasteiger partial charge in [0, 0.05) is 13.2 Å². The molecule has 2 N–H and O–H groups in total. The Morgan fingerprint density at radius 1 is 0.579 bits per heavy atom. The minimum absolute atomic E-state index is 0.347. The first-order valence-electron chi connectivity index (χ1n) is 8.50. The minimum Gasteiger partial charge on any atom is -0.396 e. The summed E-state index contributed by atoms with van der Waals surface area (Å²) in [5, 5.41) is 18.7. The Bertz CT molecular complexity index is 171. The van der Waals surface area contributed by atoms with Crippen molar-refractivity contribution in [3.63, 3.8) is 0 Å². The van der Waals surface area contributed by atoms with E-state index in [9.17, 15) is 10.2 Å². The Morgan fingerprint density at radius 3 is 1.32 bits per heavy atom. The molecule has 0 saturated heterocycles. The molecule has 0 radical (unpaired) electrons. The lowest BCUT2D eigenvalue weighted by atomic mass is 9.92. The van der Waals surface area contributed by atoms with Crippen molar-refractivity contribution in [2.24, 2.45) is 11.8 Å². The summed E-state index contributed by atoms with van der Waals surface area (Å²) in [6, 6.07) is 0. The van der Waals surface area contributed by atoms with E-state index in [1.54, 1.807) is 0 Å². The Hall–Kier alpha value is -0.0800. The maximum atomic E-state index is 9.36. The molecular weight excluding hydrogens is 236 g/mol. The fourth-order valence-corrected chi connectivity index (χ4v) is 2.70. The lowest BCUT2D eigenvalue weighted by Crippen LogP contribution is -2.08. The van der Waals surface area contributed by atoms with Crippen LogP contribution in [0.15, 0.2) is 0 Å². The third kappa shape index (κ3) is 11.4. The highest BCUT2D eigenvalue weighted by Crippen LogP contribution is 2.20. The molecule has 0 spiro atoms. The topological polar surface area (TPSA) is 40.5 Å². The van der Waals surface area contributed by atoms with Crippen LogP contribution in [-0.2, 0) is 0 Å². The van der Waals surface area contributed by atoms with Gasteiger partial charge in [0.25, 0.3) is 0 Å². The summed E-state index contributed by atoms with van der Waals surface area (Å²) < 4.78 is 0. The highest BCUT2D eigenvalue weighted by Gasteiger charge is 2.09. The number of hydrogen-bond donors (Lipinski definition) is 2. The Kier molecular flexibility index (Phi) is 14.3. The molecule has 19 heavy (non-hydrogen) atoms. The molecule has 0 aromatic rings. The van der Waals surface area contributed by atoms with Crippen molar-refractivity contribution >= 4 is 0 Å². The fraction of sp³-hybridized carbons (Fsp3) is 1.00. The van der Waals surface area contributed by atoms with E-state index in [0.29, 0.717) is 25.0 Å². The lowest BCUT2D eigenvalue weighted by molar-refractivity contribution is 0.192. The summed E-state index contributed by atoms with van der Waals surface area (Å²) in [5.74, 6) is 1.02. The molecule has 2 heteroatoms. The molecule has 0 rings (SSSR count). The Labute approximate surface area is 120 Å². The molecule has 2 atom stereocenters. The van der Waals surface area contributed by atoms with Crippen molar-refractivity contribution in [2.75, 3.05) is 13.2 Å². The van der Waals surface area contributed by atoms with Crippen LogP contribution in [0, 0.1) is 11.8 Å². The van der Waals surface area contributed by atoms with Crippen LogP contribution < -0.4 is 0 Å². The van der Waals surface area contributed by atoms with Crippen molar-refractivity contribution < 1.29 is 10.2 Å². The largest absolute Gasteiger partial charge is 0.396 e. The van der Waals surface area contributed by atoms with Gasteiger partial charge in [-0.05, 0) is 37.5 Å². The van der Waals surface area contributed by atoms with E-state index in [2.05, 4.69) is 13.8 Å². The zero-order valence-electron chi connectivity index (χ0n) is 13.2. The van der Waals surface area contributed by atoms with Gasteiger partial charge in [-0.25, -0.2) is 0 Å². The standard InChI is InChI=1S/C17H36O2/c1-3-5-7-11-17(15-19)13-9-8-12-16(14-18)10-6-4-2/h16-19H,3-15H2,1-2H3. The molecule has 0 aliphatic heterocycles. The zero-order valence-corrected chi connectivity index (χ0v) is 13.2.